The van der Waals surface area contributed by atoms with E-state index in [0.29, 0.717) is 25.0 Å². The molecule has 1 fully saturated rings. The van der Waals surface area contributed by atoms with Crippen LogP contribution in [0.2, 0.25) is 0 Å². The normalized spacial score (nSPS) is 19.5. The first-order chi connectivity index (χ1) is 13.0. The maximum absolute atomic E-state index is 14.1. The van der Waals surface area contributed by atoms with Gasteiger partial charge in [-0.3, -0.25) is 0 Å². The van der Waals surface area contributed by atoms with Gasteiger partial charge in [-0.15, -0.1) is 0 Å². The van der Waals surface area contributed by atoms with Crippen molar-refractivity contribution in [3.63, 3.8) is 0 Å². The molecule has 1 aliphatic rings. The quantitative estimate of drug-likeness (QED) is 0.717. The third-order valence-electron chi connectivity index (χ3n) is 4.84. The number of rotatable bonds is 3. The van der Waals surface area contributed by atoms with Crippen LogP contribution >= 0.6 is 0 Å². The Kier molecular flexibility index (Phi) is 4.53. The fourth-order valence-electron chi connectivity index (χ4n) is 3.48. The lowest BCUT2D eigenvalue weighted by molar-refractivity contribution is 0.497. The largest absolute Gasteiger partial charge is 0.354 e. The molecule has 7 heteroatoms. The molecule has 4 rings (SSSR count). The van der Waals surface area contributed by atoms with Crippen molar-refractivity contribution in [1.29, 1.82) is 0 Å². The first kappa shape index (κ1) is 17.5. The van der Waals surface area contributed by atoms with Crippen LogP contribution in [0.3, 0.4) is 0 Å². The molecule has 2 atom stereocenters. The molecule has 0 bridgehead atoms. The van der Waals surface area contributed by atoms with Crippen LogP contribution < -0.4 is 10.6 Å². The lowest BCUT2D eigenvalue weighted by Gasteiger charge is -2.18. The average molecular weight is 370 g/mol. The summed E-state index contributed by atoms with van der Waals surface area (Å²) >= 11 is 0. The molecule has 2 heterocycles. The highest BCUT2D eigenvalue weighted by Crippen LogP contribution is 2.31. The molecule has 4 nitrogen and oxygen atoms in total. The van der Waals surface area contributed by atoms with E-state index >= 15 is 0 Å². The Morgan fingerprint density at radius 3 is 2.52 bits per heavy atom. The summed E-state index contributed by atoms with van der Waals surface area (Å²) in [5.74, 6) is -2.58. The van der Waals surface area contributed by atoms with Crippen molar-refractivity contribution < 1.29 is 13.2 Å². The zero-order valence-electron chi connectivity index (χ0n) is 14.3. The second-order valence-corrected chi connectivity index (χ2v) is 6.60. The number of hydrogen-bond acceptors (Lipinski definition) is 4. The highest BCUT2D eigenvalue weighted by molar-refractivity contribution is 5.64. The van der Waals surface area contributed by atoms with Crippen molar-refractivity contribution in [2.75, 3.05) is 18.0 Å². The molecule has 0 unspecified atom stereocenters. The molecule has 2 aromatic carbocycles. The minimum Gasteiger partial charge on any atom is -0.354 e. The SMILES string of the molecule is N[C@H]1CN(c2cc(-c3cc(F)cc(F)c3F)ncn2)C[C@@H]1c1ccccc1. The fraction of sp³-hybridized carbons (Fsp3) is 0.200. The molecule has 27 heavy (non-hydrogen) atoms. The van der Waals surface area contributed by atoms with Gasteiger partial charge < -0.3 is 10.6 Å². The Morgan fingerprint density at radius 1 is 0.963 bits per heavy atom. The smallest absolute Gasteiger partial charge is 0.168 e. The molecular formula is C20H17F3N4. The van der Waals surface area contributed by atoms with E-state index < -0.39 is 17.5 Å². The maximum Gasteiger partial charge on any atom is 0.168 e. The number of nitrogens with zero attached hydrogens (tertiary/aromatic N) is 3. The van der Waals surface area contributed by atoms with E-state index in [1.54, 1.807) is 0 Å². The van der Waals surface area contributed by atoms with Gasteiger partial charge in [-0.2, -0.15) is 0 Å². The molecule has 0 spiro atoms. The Bertz CT molecular complexity index is 965. The Hall–Kier alpha value is -2.93. The van der Waals surface area contributed by atoms with Crippen molar-refractivity contribution in [2.24, 2.45) is 5.73 Å². The third-order valence-corrected chi connectivity index (χ3v) is 4.84. The maximum atomic E-state index is 14.1. The summed E-state index contributed by atoms with van der Waals surface area (Å²) in [6.07, 6.45) is 1.26. The van der Waals surface area contributed by atoms with Crippen LogP contribution in [0.15, 0.2) is 54.9 Å². The van der Waals surface area contributed by atoms with Crippen molar-refractivity contribution in [1.82, 2.24) is 9.97 Å². The van der Waals surface area contributed by atoms with Gasteiger partial charge >= 0.3 is 0 Å². The molecular weight excluding hydrogens is 353 g/mol. The van der Waals surface area contributed by atoms with E-state index in [2.05, 4.69) is 9.97 Å². The van der Waals surface area contributed by atoms with E-state index in [1.165, 1.54) is 12.4 Å². The van der Waals surface area contributed by atoms with Crippen molar-refractivity contribution in [3.8, 4) is 11.3 Å². The number of nitrogens with two attached hydrogens (primary N) is 1. The van der Waals surface area contributed by atoms with Gasteiger partial charge in [0.2, 0.25) is 0 Å². The van der Waals surface area contributed by atoms with Crippen LogP contribution in [0.1, 0.15) is 11.5 Å². The van der Waals surface area contributed by atoms with Gasteiger partial charge in [-0.25, -0.2) is 23.1 Å². The number of halogens is 3. The van der Waals surface area contributed by atoms with Gasteiger partial charge in [-0.1, -0.05) is 30.3 Å². The summed E-state index contributed by atoms with van der Waals surface area (Å²) in [4.78, 5) is 10.2. The summed E-state index contributed by atoms with van der Waals surface area (Å²) in [5.41, 5.74) is 7.33. The molecule has 0 radical (unpaired) electrons. The van der Waals surface area contributed by atoms with Gasteiger partial charge in [0.25, 0.3) is 0 Å². The van der Waals surface area contributed by atoms with Crippen LogP contribution in [0.4, 0.5) is 19.0 Å². The standard InChI is InChI=1S/C20H17F3N4/c21-13-6-14(20(23)16(22)7-13)18-8-19(26-11-25-18)27-9-15(17(24)10-27)12-4-2-1-3-5-12/h1-8,11,15,17H,9-10,24H2/t15-,17+/m1/s1. The van der Waals surface area contributed by atoms with Gasteiger partial charge in [-0.05, 0) is 11.6 Å². The molecule has 0 saturated carbocycles. The number of hydrogen-bond donors (Lipinski definition) is 1. The monoisotopic (exact) mass is 370 g/mol. The average Bonchev–Trinajstić information content (AvgIpc) is 3.07. The predicted molar refractivity (Wildman–Crippen MR) is 96.7 cm³/mol. The second kappa shape index (κ2) is 7.00. The topological polar surface area (TPSA) is 55.0 Å². The number of benzene rings is 2. The van der Waals surface area contributed by atoms with Crippen LogP contribution in [-0.2, 0) is 0 Å². The molecule has 1 aliphatic heterocycles. The Balaban J connectivity index is 1.64. The molecule has 3 aromatic rings. The van der Waals surface area contributed by atoms with Crippen LogP contribution in [0, 0.1) is 17.5 Å². The van der Waals surface area contributed by atoms with E-state index in [9.17, 15) is 13.2 Å². The first-order valence-electron chi connectivity index (χ1n) is 8.55. The summed E-state index contributed by atoms with van der Waals surface area (Å²) in [7, 11) is 0. The minimum atomic E-state index is -1.25. The zero-order chi connectivity index (χ0) is 19.0. The van der Waals surface area contributed by atoms with Gasteiger partial charge in [0.1, 0.15) is 18.0 Å². The molecule has 1 aromatic heterocycles. The lowest BCUT2D eigenvalue weighted by Crippen LogP contribution is -2.29. The molecule has 2 N–H and O–H groups in total. The number of aromatic nitrogens is 2. The van der Waals surface area contributed by atoms with Crippen molar-refractivity contribution in [2.45, 2.75) is 12.0 Å². The second-order valence-electron chi connectivity index (χ2n) is 6.60. The number of anilines is 1. The first-order valence-corrected chi connectivity index (χ1v) is 8.55. The van der Waals surface area contributed by atoms with E-state index in [1.807, 2.05) is 35.2 Å². The summed E-state index contributed by atoms with van der Waals surface area (Å²) in [6.45, 7) is 1.21. The minimum absolute atomic E-state index is 0.0887. The van der Waals surface area contributed by atoms with Crippen molar-refractivity contribution >= 4 is 5.82 Å². The fourth-order valence-corrected chi connectivity index (χ4v) is 3.48. The van der Waals surface area contributed by atoms with E-state index in [-0.39, 0.29) is 23.2 Å². The molecule has 0 amide bonds. The zero-order valence-corrected chi connectivity index (χ0v) is 14.3. The highest BCUT2D eigenvalue weighted by Gasteiger charge is 2.32. The van der Waals surface area contributed by atoms with Crippen LogP contribution in [0.5, 0.6) is 0 Å². The summed E-state index contributed by atoms with van der Waals surface area (Å²) in [5, 5.41) is 0. The molecule has 0 aliphatic carbocycles. The predicted octanol–water partition coefficient (Wildman–Crippen LogP) is 3.49. The Labute approximate surface area is 154 Å². The van der Waals surface area contributed by atoms with Gasteiger partial charge in [0.05, 0.1) is 5.69 Å². The summed E-state index contributed by atoms with van der Waals surface area (Å²) < 4.78 is 41.1. The third kappa shape index (κ3) is 3.38. The lowest BCUT2D eigenvalue weighted by atomic mass is 9.95. The molecule has 138 valence electrons. The van der Waals surface area contributed by atoms with E-state index in [4.69, 9.17) is 5.73 Å². The van der Waals surface area contributed by atoms with Gasteiger partial charge in [0, 0.05) is 42.7 Å². The van der Waals surface area contributed by atoms with E-state index in [0.717, 1.165) is 11.6 Å². The van der Waals surface area contributed by atoms with Crippen LogP contribution in [0.25, 0.3) is 11.3 Å². The van der Waals surface area contributed by atoms with Crippen molar-refractivity contribution in [3.05, 3.63) is 77.9 Å². The van der Waals surface area contributed by atoms with Crippen LogP contribution in [-0.4, -0.2) is 29.1 Å². The van der Waals surface area contributed by atoms with Gasteiger partial charge in [0.15, 0.2) is 11.6 Å². The highest BCUT2D eigenvalue weighted by atomic mass is 19.2. The molecule has 1 saturated heterocycles. The Morgan fingerprint density at radius 2 is 1.74 bits per heavy atom. The summed E-state index contributed by atoms with van der Waals surface area (Å²) in [6, 6.07) is 12.8.